The Morgan fingerprint density at radius 2 is 1.25 bits per heavy atom. The van der Waals surface area contributed by atoms with Crippen LogP contribution in [-0.4, -0.2) is 60.2 Å². The molecule has 14 atom stereocenters. The zero-order chi connectivity index (χ0) is 39.9. The van der Waals surface area contributed by atoms with E-state index in [0.717, 1.165) is 37.7 Å². The summed E-state index contributed by atoms with van der Waals surface area (Å²) in [7, 11) is 0. The summed E-state index contributed by atoms with van der Waals surface area (Å²) >= 11 is 0. The van der Waals surface area contributed by atoms with Gasteiger partial charge in [-0.05, 0) is 103 Å². The summed E-state index contributed by atoms with van der Waals surface area (Å²) in [5.41, 5.74) is 0.692. The lowest BCUT2D eigenvalue weighted by atomic mass is 9.43. The van der Waals surface area contributed by atoms with E-state index in [2.05, 4.69) is 41.5 Å². The number of aliphatic hydroxyl groups excluding tert-OH is 4. The molecule has 0 aromatic heterocycles. The second-order valence-corrected chi connectivity index (χ2v) is 21.3. The van der Waals surface area contributed by atoms with Gasteiger partial charge in [0.25, 0.3) is 0 Å². The van der Waals surface area contributed by atoms with Crippen molar-refractivity contribution in [2.45, 2.75) is 168 Å². The summed E-state index contributed by atoms with van der Waals surface area (Å²) in [6.07, 6.45) is 1.30. The van der Waals surface area contributed by atoms with Crippen molar-refractivity contribution in [1.29, 1.82) is 0 Å². The maximum Gasteiger partial charge on any atom is 0.189 e. The van der Waals surface area contributed by atoms with Crippen molar-refractivity contribution in [3.63, 3.8) is 0 Å². The molecular weight excluding hydrogens is 712 g/mol. The maximum atomic E-state index is 12.5. The fourth-order valence-electron chi connectivity index (χ4n) is 15.1. The average Bonchev–Trinajstić information content (AvgIpc) is 3.70. The average molecular weight is 775 g/mol. The number of ether oxygens (including phenoxy) is 4. The van der Waals surface area contributed by atoms with E-state index >= 15 is 0 Å². The van der Waals surface area contributed by atoms with Gasteiger partial charge in [-0.1, -0.05) is 55.4 Å². The highest BCUT2D eigenvalue weighted by Gasteiger charge is 2.70. The first-order valence-corrected chi connectivity index (χ1v) is 21.4. The van der Waals surface area contributed by atoms with Crippen LogP contribution in [0, 0.1) is 45.3 Å². The number of rotatable bonds is 0. The van der Waals surface area contributed by atoms with Crippen molar-refractivity contribution in [2.24, 2.45) is 45.3 Å². The van der Waals surface area contributed by atoms with Gasteiger partial charge < -0.3 is 49.6 Å². The highest BCUT2D eigenvalue weighted by atomic mass is 16.7. The Morgan fingerprint density at radius 3 is 1.89 bits per heavy atom. The number of phenolic OH excluding ortho intramolecular Hbond substituents is 2. The van der Waals surface area contributed by atoms with Crippen molar-refractivity contribution in [2.75, 3.05) is 0 Å². The van der Waals surface area contributed by atoms with Gasteiger partial charge in [-0.15, -0.1) is 0 Å². The van der Waals surface area contributed by atoms with Crippen LogP contribution in [-0.2, 0) is 28.9 Å². The molecule has 2 spiro atoms. The molecule has 0 amide bonds. The van der Waals surface area contributed by atoms with Gasteiger partial charge in [0.1, 0.15) is 46.4 Å². The summed E-state index contributed by atoms with van der Waals surface area (Å²) in [6, 6.07) is 3.41. The SMILES string of the molecule is CC1CCC2C(C)(C)C(O)CCC2(C)C12Cc1c(O)cc3c(c1O2)C1OC(OC3)c2c(cc(O)c3c2OC2(C3)C(C)CCC3C(C)(C)C(O)C(O)CC32C)C1O. The molecule has 4 aliphatic carbocycles. The minimum Gasteiger partial charge on any atom is -0.508 e. The predicted octanol–water partition coefficient (Wildman–Crippen LogP) is 7.22. The van der Waals surface area contributed by atoms with E-state index in [9.17, 15) is 30.6 Å². The molecule has 6 N–H and O–H groups in total. The Kier molecular flexibility index (Phi) is 7.78. The molecule has 10 heteroatoms. The van der Waals surface area contributed by atoms with Gasteiger partial charge in [-0.25, -0.2) is 0 Å². The monoisotopic (exact) mass is 774 g/mol. The normalized spacial score (nSPS) is 46.4. The first kappa shape index (κ1) is 37.7. The Balaban J connectivity index is 1.06. The van der Waals surface area contributed by atoms with Crippen LogP contribution in [0.5, 0.6) is 23.0 Å². The van der Waals surface area contributed by atoms with Gasteiger partial charge >= 0.3 is 0 Å². The van der Waals surface area contributed by atoms with E-state index in [1.807, 2.05) is 13.8 Å². The highest BCUT2D eigenvalue weighted by Crippen LogP contribution is 2.70. The number of aromatic hydroxyl groups is 2. The van der Waals surface area contributed by atoms with Gasteiger partial charge in [0.15, 0.2) is 6.29 Å². The van der Waals surface area contributed by atoms with Crippen LogP contribution in [0.25, 0.3) is 0 Å². The quantitative estimate of drug-likeness (QED) is 0.162. The highest BCUT2D eigenvalue weighted by molar-refractivity contribution is 5.63. The maximum absolute atomic E-state index is 12.5. The molecule has 10 nitrogen and oxygen atoms in total. The standard InChI is InChI=1S/C46H62O10/c1-21-9-11-30-41(3,4)32(50)13-14-43(30,7)45(21)17-25-27(47)15-23-20-53-40-34-24(35(51)38(54-40)33(23)36(25)55-45)16-28(48)26-18-46(56-37(26)34)22(2)10-12-31-42(5,6)39(52)29(49)19-44(31,46)8/h15-16,21-22,29-32,35,38-40,47-52H,9-14,17-20H2,1-8H3. The second-order valence-electron chi connectivity index (χ2n) is 21.3. The zero-order valence-corrected chi connectivity index (χ0v) is 34.3. The van der Waals surface area contributed by atoms with Crippen molar-refractivity contribution >= 4 is 0 Å². The molecule has 4 aliphatic heterocycles. The smallest absolute Gasteiger partial charge is 0.189 e. The minimum absolute atomic E-state index is 0.0466. The summed E-state index contributed by atoms with van der Waals surface area (Å²) in [5.74, 6) is 1.75. The van der Waals surface area contributed by atoms with Crippen LogP contribution >= 0.6 is 0 Å². The van der Waals surface area contributed by atoms with Gasteiger partial charge in [0, 0.05) is 40.4 Å². The lowest BCUT2D eigenvalue weighted by Crippen LogP contribution is -2.69. The molecule has 4 fully saturated rings. The molecule has 10 rings (SSSR count). The number of aliphatic hydroxyl groups is 4. The van der Waals surface area contributed by atoms with Gasteiger partial charge in [0.05, 0.1) is 30.5 Å². The molecule has 0 saturated heterocycles. The van der Waals surface area contributed by atoms with Crippen LogP contribution in [0.3, 0.4) is 0 Å². The van der Waals surface area contributed by atoms with Crippen LogP contribution in [0.4, 0.5) is 0 Å². The molecule has 4 saturated carbocycles. The van der Waals surface area contributed by atoms with E-state index in [-0.39, 0.29) is 52.6 Å². The Morgan fingerprint density at radius 1 is 0.679 bits per heavy atom. The van der Waals surface area contributed by atoms with Crippen molar-refractivity contribution < 1.29 is 49.6 Å². The molecule has 2 bridgehead atoms. The summed E-state index contributed by atoms with van der Waals surface area (Å²) in [6.45, 7) is 17.5. The van der Waals surface area contributed by atoms with E-state index < -0.39 is 58.8 Å². The zero-order valence-electron chi connectivity index (χ0n) is 34.3. The van der Waals surface area contributed by atoms with Crippen LogP contribution < -0.4 is 9.47 Å². The van der Waals surface area contributed by atoms with Crippen molar-refractivity contribution in [3.8, 4) is 23.0 Å². The third-order valence-electron chi connectivity index (χ3n) is 18.3. The van der Waals surface area contributed by atoms with Crippen molar-refractivity contribution in [3.05, 3.63) is 45.5 Å². The second kappa shape index (κ2) is 11.6. The number of hydrogen-bond donors (Lipinski definition) is 6. The third kappa shape index (κ3) is 4.34. The lowest BCUT2D eigenvalue weighted by Gasteiger charge is -2.64. The van der Waals surface area contributed by atoms with E-state index in [0.29, 0.717) is 65.0 Å². The predicted molar refractivity (Wildman–Crippen MR) is 206 cm³/mol. The topological polar surface area (TPSA) is 158 Å². The summed E-state index contributed by atoms with van der Waals surface area (Å²) < 4.78 is 28.1. The summed E-state index contributed by atoms with van der Waals surface area (Å²) in [5, 5.41) is 69.7. The Labute approximate surface area is 330 Å². The fourth-order valence-corrected chi connectivity index (χ4v) is 15.1. The molecule has 0 radical (unpaired) electrons. The number of benzene rings is 2. The molecule has 14 unspecified atom stereocenters. The largest absolute Gasteiger partial charge is 0.508 e. The third-order valence-corrected chi connectivity index (χ3v) is 18.3. The van der Waals surface area contributed by atoms with Crippen molar-refractivity contribution in [1.82, 2.24) is 0 Å². The lowest BCUT2D eigenvalue weighted by molar-refractivity contribution is -0.241. The molecule has 2 aromatic rings. The first-order chi connectivity index (χ1) is 26.2. The summed E-state index contributed by atoms with van der Waals surface area (Å²) in [4.78, 5) is 0. The van der Waals surface area contributed by atoms with Crippen LogP contribution in [0.1, 0.15) is 152 Å². The number of fused-ring (bicyclic) bond motifs is 14. The molecule has 306 valence electrons. The molecule has 8 aliphatic rings. The molecule has 56 heavy (non-hydrogen) atoms. The van der Waals surface area contributed by atoms with Gasteiger partial charge in [-0.3, -0.25) is 0 Å². The van der Waals surface area contributed by atoms with E-state index in [1.165, 1.54) is 0 Å². The number of phenols is 2. The van der Waals surface area contributed by atoms with Gasteiger partial charge in [-0.2, -0.15) is 0 Å². The first-order valence-electron chi connectivity index (χ1n) is 21.4. The van der Waals surface area contributed by atoms with Crippen LogP contribution in [0.2, 0.25) is 0 Å². The Bertz CT molecular complexity index is 2010. The fraction of sp³-hybridized carbons (Fsp3) is 0.739. The van der Waals surface area contributed by atoms with E-state index in [1.54, 1.807) is 12.1 Å². The van der Waals surface area contributed by atoms with Gasteiger partial charge in [0.2, 0.25) is 0 Å². The number of hydrogen-bond acceptors (Lipinski definition) is 10. The molecular formula is C46H62O10. The Hall–Kier alpha value is -2.60. The minimum atomic E-state index is -1.21. The van der Waals surface area contributed by atoms with Crippen LogP contribution in [0.15, 0.2) is 12.1 Å². The molecule has 2 aromatic carbocycles. The van der Waals surface area contributed by atoms with E-state index in [4.69, 9.17) is 18.9 Å². The molecule has 4 heterocycles.